The van der Waals surface area contributed by atoms with Crippen LogP contribution in [0.2, 0.25) is 0 Å². The lowest BCUT2D eigenvalue weighted by Gasteiger charge is -2.36. The fourth-order valence-electron chi connectivity index (χ4n) is 2.55. The first-order chi connectivity index (χ1) is 8.26. The lowest BCUT2D eigenvalue weighted by Crippen LogP contribution is -2.36. The van der Waals surface area contributed by atoms with Crippen LogP contribution in [-0.2, 0) is 4.74 Å². The van der Waals surface area contributed by atoms with Crippen LogP contribution in [0, 0.1) is 0 Å². The number of hydrogen-bond donors (Lipinski definition) is 0. The molecule has 92 valence electrons. The van der Waals surface area contributed by atoms with Gasteiger partial charge in [-0.05, 0) is 44.2 Å². The van der Waals surface area contributed by atoms with E-state index in [-0.39, 0.29) is 11.6 Å². The first-order valence-electron chi connectivity index (χ1n) is 6.54. The van der Waals surface area contributed by atoms with Crippen LogP contribution in [0.5, 0.6) is 0 Å². The highest BCUT2D eigenvalue weighted by molar-refractivity contribution is 5.89. The van der Waals surface area contributed by atoms with Crippen LogP contribution in [0.4, 0.5) is 0 Å². The molecule has 2 nitrogen and oxygen atoms in total. The number of carbonyl (C=O) groups is 1. The Kier molecular flexibility index (Phi) is 3.82. The molecule has 1 aromatic rings. The Balaban J connectivity index is 2.06. The third-order valence-corrected chi connectivity index (χ3v) is 3.73. The summed E-state index contributed by atoms with van der Waals surface area (Å²) in [6.07, 6.45) is 6.58. The van der Waals surface area contributed by atoms with Gasteiger partial charge in [0.15, 0.2) is 0 Å². The Morgan fingerprint density at radius 3 is 2.41 bits per heavy atom. The minimum Gasteiger partial charge on any atom is -0.455 e. The summed E-state index contributed by atoms with van der Waals surface area (Å²) < 4.78 is 5.78. The monoisotopic (exact) mass is 232 g/mol. The first kappa shape index (κ1) is 12.2. The van der Waals surface area contributed by atoms with Crippen molar-refractivity contribution in [3.8, 4) is 0 Å². The maximum atomic E-state index is 12.1. The fourth-order valence-corrected chi connectivity index (χ4v) is 2.55. The standard InChI is InChI=1S/C15H20O2/c1-2-15(11-7-4-8-12-15)17-14(16)13-9-5-3-6-10-13/h3,5-6,9-10H,2,4,7-8,11-12H2,1H3. The van der Waals surface area contributed by atoms with Gasteiger partial charge in [-0.15, -0.1) is 0 Å². The maximum absolute atomic E-state index is 12.1. The summed E-state index contributed by atoms with van der Waals surface area (Å²) in [7, 11) is 0. The average Bonchev–Trinajstić information content (AvgIpc) is 2.41. The summed E-state index contributed by atoms with van der Waals surface area (Å²) in [5, 5.41) is 0. The molecule has 0 saturated heterocycles. The van der Waals surface area contributed by atoms with Crippen molar-refractivity contribution in [2.75, 3.05) is 0 Å². The van der Waals surface area contributed by atoms with E-state index in [1.165, 1.54) is 19.3 Å². The van der Waals surface area contributed by atoms with Gasteiger partial charge < -0.3 is 4.74 Å². The molecule has 1 aliphatic rings. The second-order valence-electron chi connectivity index (χ2n) is 4.85. The Hall–Kier alpha value is -1.31. The topological polar surface area (TPSA) is 26.3 Å². The second kappa shape index (κ2) is 5.35. The quantitative estimate of drug-likeness (QED) is 0.737. The molecule has 1 fully saturated rings. The van der Waals surface area contributed by atoms with Gasteiger partial charge in [0, 0.05) is 0 Å². The molecule has 0 N–H and O–H groups in total. The zero-order chi connectivity index (χ0) is 12.1. The molecule has 2 heteroatoms. The third kappa shape index (κ3) is 2.87. The van der Waals surface area contributed by atoms with E-state index in [1.54, 1.807) is 0 Å². The van der Waals surface area contributed by atoms with Crippen molar-refractivity contribution in [2.24, 2.45) is 0 Å². The molecule has 0 unspecified atom stereocenters. The van der Waals surface area contributed by atoms with Gasteiger partial charge in [-0.2, -0.15) is 0 Å². The molecule has 0 aliphatic heterocycles. The number of benzene rings is 1. The van der Waals surface area contributed by atoms with Gasteiger partial charge in [-0.25, -0.2) is 4.79 Å². The molecule has 1 aromatic carbocycles. The van der Waals surface area contributed by atoms with E-state index in [1.807, 2.05) is 30.3 Å². The van der Waals surface area contributed by atoms with Gasteiger partial charge >= 0.3 is 5.97 Å². The number of esters is 1. The van der Waals surface area contributed by atoms with Crippen molar-refractivity contribution >= 4 is 5.97 Å². The number of carbonyl (C=O) groups excluding carboxylic acids is 1. The molecule has 0 bridgehead atoms. The molecule has 17 heavy (non-hydrogen) atoms. The fraction of sp³-hybridized carbons (Fsp3) is 0.533. The van der Waals surface area contributed by atoms with Crippen LogP contribution in [0.15, 0.2) is 30.3 Å². The first-order valence-corrected chi connectivity index (χ1v) is 6.54. The predicted molar refractivity (Wildman–Crippen MR) is 68.0 cm³/mol. The van der Waals surface area contributed by atoms with Gasteiger partial charge in [-0.3, -0.25) is 0 Å². The van der Waals surface area contributed by atoms with E-state index in [9.17, 15) is 4.79 Å². The zero-order valence-corrected chi connectivity index (χ0v) is 10.4. The maximum Gasteiger partial charge on any atom is 0.338 e. The van der Waals surface area contributed by atoms with Crippen LogP contribution >= 0.6 is 0 Å². The van der Waals surface area contributed by atoms with E-state index < -0.39 is 0 Å². The van der Waals surface area contributed by atoms with Crippen LogP contribution in [0.1, 0.15) is 55.8 Å². The Labute approximate surface area is 103 Å². The second-order valence-corrected chi connectivity index (χ2v) is 4.85. The highest BCUT2D eigenvalue weighted by Gasteiger charge is 2.34. The Morgan fingerprint density at radius 2 is 1.82 bits per heavy atom. The molecule has 0 radical (unpaired) electrons. The lowest BCUT2D eigenvalue weighted by atomic mass is 9.82. The average molecular weight is 232 g/mol. The molecule has 1 aliphatic carbocycles. The van der Waals surface area contributed by atoms with Gasteiger partial charge in [0.25, 0.3) is 0 Å². The smallest absolute Gasteiger partial charge is 0.338 e. The molecule has 0 atom stereocenters. The van der Waals surface area contributed by atoms with E-state index in [0.717, 1.165) is 19.3 Å². The van der Waals surface area contributed by atoms with Crippen LogP contribution in [0.3, 0.4) is 0 Å². The van der Waals surface area contributed by atoms with Crippen molar-refractivity contribution < 1.29 is 9.53 Å². The summed E-state index contributed by atoms with van der Waals surface area (Å²) in [5.74, 6) is -0.172. The molecule has 2 rings (SSSR count). The Morgan fingerprint density at radius 1 is 1.18 bits per heavy atom. The van der Waals surface area contributed by atoms with Gasteiger partial charge in [-0.1, -0.05) is 31.5 Å². The minimum absolute atomic E-state index is 0.172. The van der Waals surface area contributed by atoms with Gasteiger partial charge in [0.2, 0.25) is 0 Å². The highest BCUT2D eigenvalue weighted by Crippen LogP contribution is 2.34. The number of rotatable bonds is 3. The molecule has 0 heterocycles. The van der Waals surface area contributed by atoms with Gasteiger partial charge in [0.1, 0.15) is 5.60 Å². The largest absolute Gasteiger partial charge is 0.455 e. The predicted octanol–water partition coefficient (Wildman–Crippen LogP) is 3.96. The van der Waals surface area contributed by atoms with Crippen LogP contribution < -0.4 is 0 Å². The molecular formula is C15H20O2. The molecule has 1 saturated carbocycles. The molecule has 0 spiro atoms. The van der Waals surface area contributed by atoms with E-state index in [2.05, 4.69) is 6.92 Å². The van der Waals surface area contributed by atoms with E-state index in [4.69, 9.17) is 4.74 Å². The summed E-state index contributed by atoms with van der Waals surface area (Å²) >= 11 is 0. The summed E-state index contributed by atoms with van der Waals surface area (Å²) in [6, 6.07) is 9.28. The van der Waals surface area contributed by atoms with Crippen LogP contribution in [0.25, 0.3) is 0 Å². The van der Waals surface area contributed by atoms with E-state index in [0.29, 0.717) is 5.56 Å². The summed E-state index contributed by atoms with van der Waals surface area (Å²) in [4.78, 5) is 12.1. The van der Waals surface area contributed by atoms with Crippen molar-refractivity contribution in [3.63, 3.8) is 0 Å². The summed E-state index contributed by atoms with van der Waals surface area (Å²) in [6.45, 7) is 2.11. The van der Waals surface area contributed by atoms with Crippen molar-refractivity contribution in [2.45, 2.75) is 51.0 Å². The van der Waals surface area contributed by atoms with Crippen LogP contribution in [-0.4, -0.2) is 11.6 Å². The third-order valence-electron chi connectivity index (χ3n) is 3.73. The van der Waals surface area contributed by atoms with Crippen molar-refractivity contribution in [1.29, 1.82) is 0 Å². The van der Waals surface area contributed by atoms with Crippen molar-refractivity contribution in [3.05, 3.63) is 35.9 Å². The number of hydrogen-bond acceptors (Lipinski definition) is 2. The normalized spacial score (nSPS) is 18.6. The van der Waals surface area contributed by atoms with E-state index >= 15 is 0 Å². The van der Waals surface area contributed by atoms with Crippen molar-refractivity contribution in [1.82, 2.24) is 0 Å². The summed E-state index contributed by atoms with van der Waals surface area (Å²) in [5.41, 5.74) is 0.455. The lowest BCUT2D eigenvalue weighted by molar-refractivity contribution is -0.0397. The molecular weight excluding hydrogens is 212 g/mol. The highest BCUT2D eigenvalue weighted by atomic mass is 16.6. The Bertz CT molecular complexity index is 364. The molecule has 0 aromatic heterocycles. The molecule has 0 amide bonds. The zero-order valence-electron chi connectivity index (χ0n) is 10.4. The number of ether oxygens (including phenoxy) is 1. The SMILES string of the molecule is CCC1(OC(=O)c2ccccc2)CCCCC1. The van der Waals surface area contributed by atoms with Gasteiger partial charge in [0.05, 0.1) is 5.56 Å². The minimum atomic E-state index is -0.203.